The number of amides is 2. The van der Waals surface area contributed by atoms with Gasteiger partial charge in [-0.25, -0.2) is 4.79 Å². The Morgan fingerprint density at radius 2 is 1.57 bits per heavy atom. The Bertz CT molecular complexity index is 761. The molecule has 0 aromatic heterocycles. The van der Waals surface area contributed by atoms with Gasteiger partial charge in [0.1, 0.15) is 5.75 Å². The molecule has 0 unspecified atom stereocenters. The smallest absolute Gasteiger partial charge is 0.314 e. The topological polar surface area (TPSA) is 56.8 Å². The monoisotopic (exact) mass is 410 g/mol. The highest BCUT2D eigenvalue weighted by atomic mass is 16.5. The summed E-state index contributed by atoms with van der Waals surface area (Å²) in [6.07, 6.45) is 1.73. The SMILES string of the molecule is COc1ccccc1CCNC(=O)NCCCN1CCN(Cc2ccccc2)CC1. The second-order valence-electron chi connectivity index (χ2n) is 7.70. The lowest BCUT2D eigenvalue weighted by Crippen LogP contribution is -2.46. The van der Waals surface area contributed by atoms with Crippen LogP contribution in [0.1, 0.15) is 17.5 Å². The van der Waals surface area contributed by atoms with Crippen molar-refractivity contribution in [1.82, 2.24) is 20.4 Å². The molecule has 2 N–H and O–H groups in total. The van der Waals surface area contributed by atoms with Crippen LogP contribution in [0.3, 0.4) is 0 Å². The molecule has 2 aromatic rings. The lowest BCUT2D eigenvalue weighted by Gasteiger charge is -2.34. The summed E-state index contributed by atoms with van der Waals surface area (Å²) < 4.78 is 5.34. The number of carbonyl (C=O) groups excluding carboxylic acids is 1. The molecule has 1 aliphatic heterocycles. The Morgan fingerprint density at radius 3 is 2.33 bits per heavy atom. The van der Waals surface area contributed by atoms with Crippen molar-refractivity contribution >= 4 is 6.03 Å². The minimum absolute atomic E-state index is 0.0995. The van der Waals surface area contributed by atoms with Gasteiger partial charge in [0.05, 0.1) is 7.11 Å². The van der Waals surface area contributed by atoms with Crippen LogP contribution in [0.15, 0.2) is 54.6 Å². The number of carbonyl (C=O) groups is 1. The summed E-state index contributed by atoms with van der Waals surface area (Å²) in [6, 6.07) is 18.5. The summed E-state index contributed by atoms with van der Waals surface area (Å²) in [5, 5.41) is 5.88. The van der Waals surface area contributed by atoms with E-state index in [9.17, 15) is 4.79 Å². The number of hydrogen-bond donors (Lipinski definition) is 2. The second kappa shape index (κ2) is 12.2. The third kappa shape index (κ3) is 7.35. The number of hydrogen-bond acceptors (Lipinski definition) is 4. The normalized spacial score (nSPS) is 15.0. The molecular formula is C24H34N4O2. The minimum Gasteiger partial charge on any atom is -0.496 e. The molecule has 3 rings (SSSR count). The summed E-state index contributed by atoms with van der Waals surface area (Å²) in [5.41, 5.74) is 2.48. The first-order valence-electron chi connectivity index (χ1n) is 10.9. The number of ether oxygens (including phenoxy) is 1. The van der Waals surface area contributed by atoms with E-state index in [0.717, 1.165) is 63.4 Å². The first kappa shape index (κ1) is 22.1. The zero-order valence-electron chi connectivity index (χ0n) is 18.0. The van der Waals surface area contributed by atoms with Gasteiger partial charge in [0.25, 0.3) is 0 Å². The van der Waals surface area contributed by atoms with E-state index in [1.54, 1.807) is 7.11 Å². The summed E-state index contributed by atoms with van der Waals surface area (Å²) in [7, 11) is 1.67. The molecule has 0 saturated carbocycles. The number of methoxy groups -OCH3 is 1. The molecule has 162 valence electrons. The van der Waals surface area contributed by atoms with Crippen LogP contribution < -0.4 is 15.4 Å². The number of nitrogens with one attached hydrogen (secondary N) is 2. The highest BCUT2D eigenvalue weighted by molar-refractivity contribution is 5.73. The largest absolute Gasteiger partial charge is 0.496 e. The van der Waals surface area contributed by atoms with Crippen molar-refractivity contribution in [2.24, 2.45) is 0 Å². The maximum absolute atomic E-state index is 12.0. The average molecular weight is 411 g/mol. The highest BCUT2D eigenvalue weighted by Crippen LogP contribution is 2.17. The Labute approximate surface area is 180 Å². The molecule has 1 heterocycles. The molecule has 0 radical (unpaired) electrons. The fourth-order valence-corrected chi connectivity index (χ4v) is 3.80. The van der Waals surface area contributed by atoms with Crippen molar-refractivity contribution in [3.63, 3.8) is 0 Å². The minimum atomic E-state index is -0.0995. The van der Waals surface area contributed by atoms with Crippen molar-refractivity contribution < 1.29 is 9.53 Å². The average Bonchev–Trinajstić information content (AvgIpc) is 2.79. The summed E-state index contributed by atoms with van der Waals surface area (Å²) >= 11 is 0. The Morgan fingerprint density at radius 1 is 0.900 bits per heavy atom. The lowest BCUT2D eigenvalue weighted by atomic mass is 10.1. The van der Waals surface area contributed by atoms with Crippen molar-refractivity contribution in [3.05, 3.63) is 65.7 Å². The van der Waals surface area contributed by atoms with E-state index in [1.807, 2.05) is 24.3 Å². The van der Waals surface area contributed by atoms with E-state index in [-0.39, 0.29) is 6.03 Å². The first-order chi connectivity index (χ1) is 14.7. The van der Waals surface area contributed by atoms with Crippen molar-refractivity contribution in [2.75, 3.05) is 52.9 Å². The summed E-state index contributed by atoms with van der Waals surface area (Å²) in [5.74, 6) is 0.864. The van der Waals surface area contributed by atoms with Crippen LogP contribution >= 0.6 is 0 Å². The molecule has 30 heavy (non-hydrogen) atoms. The molecule has 1 fully saturated rings. The number of piperazine rings is 1. The molecule has 0 atom stereocenters. The van der Waals surface area contributed by atoms with Crippen LogP contribution in [0, 0.1) is 0 Å². The predicted octanol–water partition coefficient (Wildman–Crippen LogP) is 2.74. The van der Waals surface area contributed by atoms with Gasteiger partial charge in [0, 0.05) is 45.8 Å². The van der Waals surface area contributed by atoms with Crippen LogP contribution in [0.5, 0.6) is 5.75 Å². The third-order valence-electron chi connectivity index (χ3n) is 5.52. The molecule has 6 heteroatoms. The molecule has 1 saturated heterocycles. The van der Waals surface area contributed by atoms with E-state index in [0.29, 0.717) is 13.1 Å². The van der Waals surface area contributed by atoms with E-state index in [4.69, 9.17) is 4.74 Å². The van der Waals surface area contributed by atoms with Gasteiger partial charge in [-0.3, -0.25) is 4.90 Å². The predicted molar refractivity (Wildman–Crippen MR) is 121 cm³/mol. The number of para-hydroxylation sites is 1. The van der Waals surface area contributed by atoms with E-state index < -0.39 is 0 Å². The molecule has 0 bridgehead atoms. The van der Waals surface area contributed by atoms with Gasteiger partial charge in [0.15, 0.2) is 0 Å². The molecule has 0 spiro atoms. The van der Waals surface area contributed by atoms with Gasteiger partial charge < -0.3 is 20.3 Å². The lowest BCUT2D eigenvalue weighted by molar-refractivity contribution is 0.126. The number of urea groups is 1. The Kier molecular flexibility index (Phi) is 9.00. The van der Waals surface area contributed by atoms with Gasteiger partial charge in [-0.05, 0) is 36.6 Å². The summed E-state index contributed by atoms with van der Waals surface area (Å²) in [4.78, 5) is 17.0. The Balaban J connectivity index is 1.23. The fourth-order valence-electron chi connectivity index (χ4n) is 3.80. The van der Waals surface area contributed by atoms with Crippen LogP contribution in [0.4, 0.5) is 4.79 Å². The van der Waals surface area contributed by atoms with Gasteiger partial charge >= 0.3 is 6.03 Å². The standard InChI is InChI=1S/C24H34N4O2/c1-30-23-11-6-5-10-22(23)12-14-26-24(29)25-13-7-15-27-16-18-28(19-17-27)20-21-8-3-2-4-9-21/h2-6,8-11H,7,12-20H2,1H3,(H2,25,26,29). The van der Waals surface area contributed by atoms with Crippen molar-refractivity contribution in [1.29, 1.82) is 0 Å². The maximum atomic E-state index is 12.0. The van der Waals surface area contributed by atoms with Crippen LogP contribution in [0.25, 0.3) is 0 Å². The third-order valence-corrected chi connectivity index (χ3v) is 5.52. The molecule has 1 aliphatic rings. The fraction of sp³-hybridized carbons (Fsp3) is 0.458. The van der Waals surface area contributed by atoms with Crippen LogP contribution in [-0.2, 0) is 13.0 Å². The van der Waals surface area contributed by atoms with E-state index in [2.05, 4.69) is 50.8 Å². The quantitative estimate of drug-likeness (QED) is 0.592. The van der Waals surface area contributed by atoms with E-state index in [1.165, 1.54) is 5.56 Å². The number of benzene rings is 2. The van der Waals surface area contributed by atoms with Gasteiger partial charge in [-0.1, -0.05) is 48.5 Å². The van der Waals surface area contributed by atoms with Crippen LogP contribution in [0.2, 0.25) is 0 Å². The number of rotatable bonds is 10. The van der Waals surface area contributed by atoms with Gasteiger partial charge in [-0.2, -0.15) is 0 Å². The maximum Gasteiger partial charge on any atom is 0.314 e. The highest BCUT2D eigenvalue weighted by Gasteiger charge is 2.16. The van der Waals surface area contributed by atoms with E-state index >= 15 is 0 Å². The first-order valence-corrected chi connectivity index (χ1v) is 10.9. The van der Waals surface area contributed by atoms with Crippen molar-refractivity contribution in [3.8, 4) is 5.75 Å². The molecular weight excluding hydrogens is 376 g/mol. The Hall–Kier alpha value is -2.57. The number of nitrogens with zero attached hydrogens (tertiary/aromatic N) is 2. The molecule has 6 nitrogen and oxygen atoms in total. The zero-order valence-corrected chi connectivity index (χ0v) is 18.0. The second-order valence-corrected chi connectivity index (χ2v) is 7.70. The summed E-state index contributed by atoms with van der Waals surface area (Å²) in [6.45, 7) is 7.75. The molecule has 0 aliphatic carbocycles. The van der Waals surface area contributed by atoms with Crippen molar-refractivity contribution in [2.45, 2.75) is 19.4 Å². The van der Waals surface area contributed by atoms with Gasteiger partial charge in [-0.15, -0.1) is 0 Å². The molecule has 2 amide bonds. The van der Waals surface area contributed by atoms with Gasteiger partial charge in [0.2, 0.25) is 0 Å². The zero-order chi connectivity index (χ0) is 21.0. The molecule has 2 aromatic carbocycles. The van der Waals surface area contributed by atoms with Crippen LogP contribution in [-0.4, -0.2) is 68.8 Å².